The Morgan fingerprint density at radius 2 is 1.98 bits per heavy atom. The predicted molar refractivity (Wildman–Crippen MR) is 150 cm³/mol. The van der Waals surface area contributed by atoms with Gasteiger partial charge in [0.2, 0.25) is 5.88 Å². The number of piperidine rings is 1. The number of fused-ring (bicyclic) bond motifs is 1. The molecule has 42 heavy (non-hydrogen) atoms. The Morgan fingerprint density at radius 1 is 1.14 bits per heavy atom. The Balaban J connectivity index is 1.10. The molecule has 2 aliphatic heterocycles. The molecule has 2 N–H and O–H groups in total. The van der Waals surface area contributed by atoms with Crippen LogP contribution in [0.2, 0.25) is 0 Å². The Labute approximate surface area is 242 Å². The summed E-state index contributed by atoms with van der Waals surface area (Å²) in [6.07, 6.45) is 2.96. The fraction of sp³-hybridized carbons (Fsp3) is 0.355. The molecular weight excluding hydrogens is 539 g/mol. The minimum absolute atomic E-state index is 0.0332. The van der Waals surface area contributed by atoms with Crippen molar-refractivity contribution in [3.05, 3.63) is 88.6 Å². The molecule has 0 bridgehead atoms. The number of benzene rings is 2. The molecule has 0 aliphatic carbocycles. The minimum atomic E-state index is -0.558. The summed E-state index contributed by atoms with van der Waals surface area (Å²) in [4.78, 5) is 24.0. The molecule has 10 nitrogen and oxygen atoms in total. The zero-order valence-corrected chi connectivity index (χ0v) is 23.0. The predicted octanol–water partition coefficient (Wildman–Crippen LogP) is 4.31. The van der Waals surface area contributed by atoms with Gasteiger partial charge in [-0.25, -0.2) is 19.8 Å². The van der Waals surface area contributed by atoms with Crippen molar-refractivity contribution in [3.63, 3.8) is 0 Å². The fourth-order valence-electron chi connectivity index (χ4n) is 5.55. The maximum Gasteiger partial charge on any atom is 0.274 e. The molecule has 1 amide bonds. The van der Waals surface area contributed by atoms with Gasteiger partial charge in [-0.1, -0.05) is 12.1 Å². The molecule has 2 aromatic carbocycles. The van der Waals surface area contributed by atoms with Gasteiger partial charge in [0.05, 0.1) is 41.9 Å². The Bertz CT molecular complexity index is 1640. The number of hydrogen-bond acceptors (Lipinski definition) is 8. The van der Waals surface area contributed by atoms with Gasteiger partial charge in [-0.05, 0) is 68.8 Å². The van der Waals surface area contributed by atoms with Crippen LogP contribution in [0.3, 0.4) is 0 Å². The van der Waals surface area contributed by atoms with Crippen molar-refractivity contribution in [1.82, 2.24) is 24.9 Å². The Morgan fingerprint density at radius 3 is 2.69 bits per heavy atom. The molecule has 2 aromatic heterocycles. The van der Waals surface area contributed by atoms with Crippen LogP contribution in [0, 0.1) is 17.1 Å². The van der Waals surface area contributed by atoms with Gasteiger partial charge in [-0.15, -0.1) is 0 Å². The molecule has 4 heterocycles. The summed E-state index contributed by atoms with van der Waals surface area (Å²) >= 11 is 0. The number of carbonyl (C=O) groups is 1. The first-order chi connectivity index (χ1) is 20.5. The average molecular weight is 571 g/mol. The number of likely N-dealkylation sites (tertiary alicyclic amines) is 1. The van der Waals surface area contributed by atoms with Crippen LogP contribution in [-0.4, -0.2) is 56.3 Å². The lowest BCUT2D eigenvalue weighted by Gasteiger charge is -2.32. The summed E-state index contributed by atoms with van der Waals surface area (Å²) in [7, 11) is 0. The molecule has 11 heteroatoms. The molecule has 1 atom stereocenters. The standard InChI is InChI=1S/C31H31FN6O4/c32-25-14-20(16-33)4-5-23(25)19-42-30-3-1-2-26(35-30)21-8-11-37(12-9-21)18-29-34-27-7-6-22(31(39)36-40)15-28(27)38(29)17-24-10-13-41-24/h1-7,14-15,21,24,40H,8-13,17-19H2,(H,36,39). The number of amides is 1. The van der Waals surface area contributed by atoms with Crippen molar-refractivity contribution in [2.75, 3.05) is 19.7 Å². The molecule has 2 fully saturated rings. The number of nitriles is 1. The minimum Gasteiger partial charge on any atom is -0.473 e. The maximum absolute atomic E-state index is 14.2. The smallest absolute Gasteiger partial charge is 0.274 e. The number of pyridine rings is 1. The van der Waals surface area contributed by atoms with Gasteiger partial charge >= 0.3 is 0 Å². The summed E-state index contributed by atoms with van der Waals surface area (Å²) in [5.74, 6) is 0.613. The van der Waals surface area contributed by atoms with Crippen LogP contribution in [-0.2, 0) is 24.4 Å². The van der Waals surface area contributed by atoms with Crippen LogP contribution in [0.1, 0.15) is 58.2 Å². The number of carbonyl (C=O) groups excluding carboxylic acids is 1. The maximum atomic E-state index is 14.2. The number of ether oxygens (including phenoxy) is 2. The van der Waals surface area contributed by atoms with Crippen molar-refractivity contribution >= 4 is 16.9 Å². The summed E-state index contributed by atoms with van der Waals surface area (Å²) in [5, 5.41) is 18.0. The normalized spacial score (nSPS) is 17.5. The van der Waals surface area contributed by atoms with Gasteiger partial charge in [0.15, 0.2) is 0 Å². The van der Waals surface area contributed by atoms with Gasteiger partial charge in [0.25, 0.3) is 5.91 Å². The summed E-state index contributed by atoms with van der Waals surface area (Å²) in [5.41, 5.74) is 5.32. The van der Waals surface area contributed by atoms with E-state index in [-0.39, 0.29) is 24.2 Å². The fourth-order valence-corrected chi connectivity index (χ4v) is 5.55. The first-order valence-electron chi connectivity index (χ1n) is 14.1. The van der Waals surface area contributed by atoms with Crippen LogP contribution >= 0.6 is 0 Å². The van der Waals surface area contributed by atoms with Crippen molar-refractivity contribution in [2.45, 2.75) is 51.0 Å². The van der Waals surface area contributed by atoms with Crippen molar-refractivity contribution < 1.29 is 23.9 Å². The number of nitrogens with one attached hydrogen (secondary N) is 1. The van der Waals surface area contributed by atoms with Crippen LogP contribution in [0.25, 0.3) is 11.0 Å². The Kier molecular flexibility index (Phi) is 8.10. The molecule has 2 saturated heterocycles. The van der Waals surface area contributed by atoms with E-state index in [2.05, 4.69) is 9.47 Å². The first kappa shape index (κ1) is 27.8. The molecule has 1 unspecified atom stereocenters. The summed E-state index contributed by atoms with van der Waals surface area (Å²) in [6, 6.07) is 17.2. The molecule has 216 valence electrons. The number of hydrogen-bond donors (Lipinski definition) is 2. The quantitative estimate of drug-likeness (QED) is 0.225. The molecule has 6 rings (SSSR count). The lowest BCUT2D eigenvalue weighted by molar-refractivity contribution is -0.0592. The van der Waals surface area contributed by atoms with E-state index >= 15 is 0 Å². The van der Waals surface area contributed by atoms with Gasteiger partial charge in [-0.2, -0.15) is 5.26 Å². The largest absolute Gasteiger partial charge is 0.473 e. The highest BCUT2D eigenvalue weighted by atomic mass is 19.1. The van der Waals surface area contributed by atoms with Gasteiger partial charge in [0.1, 0.15) is 18.2 Å². The first-order valence-corrected chi connectivity index (χ1v) is 14.1. The molecule has 2 aliphatic rings. The number of hydroxylamine groups is 1. The second-order valence-electron chi connectivity index (χ2n) is 10.7. The summed E-state index contributed by atoms with van der Waals surface area (Å²) in [6.45, 7) is 3.86. The second-order valence-corrected chi connectivity index (χ2v) is 10.7. The van der Waals surface area contributed by atoms with E-state index in [0.717, 1.165) is 61.5 Å². The van der Waals surface area contributed by atoms with Gasteiger partial charge in [-0.3, -0.25) is 14.9 Å². The van der Waals surface area contributed by atoms with Crippen molar-refractivity contribution in [3.8, 4) is 11.9 Å². The molecule has 0 radical (unpaired) electrons. The monoisotopic (exact) mass is 570 g/mol. The number of imidazole rings is 1. The molecular formula is C31H31FN6O4. The number of halogens is 1. The van der Waals surface area contributed by atoms with Crippen LogP contribution in [0.5, 0.6) is 5.88 Å². The topological polar surface area (TPSA) is 126 Å². The van der Waals surface area contributed by atoms with E-state index in [1.807, 2.05) is 24.3 Å². The third-order valence-electron chi connectivity index (χ3n) is 8.04. The van der Waals surface area contributed by atoms with E-state index in [0.29, 0.717) is 30.1 Å². The van der Waals surface area contributed by atoms with E-state index in [9.17, 15) is 9.18 Å². The van der Waals surface area contributed by atoms with Crippen molar-refractivity contribution in [2.24, 2.45) is 0 Å². The van der Waals surface area contributed by atoms with Crippen LogP contribution in [0.15, 0.2) is 54.6 Å². The molecule has 0 saturated carbocycles. The zero-order chi connectivity index (χ0) is 29.1. The highest BCUT2D eigenvalue weighted by Gasteiger charge is 2.26. The van der Waals surface area contributed by atoms with Gasteiger partial charge < -0.3 is 14.0 Å². The highest BCUT2D eigenvalue weighted by molar-refractivity contribution is 5.96. The summed E-state index contributed by atoms with van der Waals surface area (Å²) < 4.78 is 27.9. The Hall–Kier alpha value is -4.37. The van der Waals surface area contributed by atoms with Crippen LogP contribution < -0.4 is 10.2 Å². The zero-order valence-electron chi connectivity index (χ0n) is 23.0. The van der Waals surface area contributed by atoms with Crippen molar-refractivity contribution in [1.29, 1.82) is 5.26 Å². The van der Waals surface area contributed by atoms with E-state index in [4.69, 9.17) is 29.9 Å². The van der Waals surface area contributed by atoms with E-state index in [1.54, 1.807) is 35.8 Å². The average Bonchev–Trinajstić information content (AvgIpc) is 3.34. The van der Waals surface area contributed by atoms with Crippen LogP contribution in [0.4, 0.5) is 4.39 Å². The van der Waals surface area contributed by atoms with Gasteiger partial charge in [0, 0.05) is 35.4 Å². The highest BCUT2D eigenvalue weighted by Crippen LogP contribution is 2.30. The van der Waals surface area contributed by atoms with E-state index < -0.39 is 11.7 Å². The number of nitrogens with zero attached hydrogens (tertiary/aromatic N) is 5. The third kappa shape index (κ3) is 5.97. The van der Waals surface area contributed by atoms with E-state index in [1.165, 1.54) is 6.07 Å². The molecule has 0 spiro atoms. The third-order valence-corrected chi connectivity index (χ3v) is 8.04. The lowest BCUT2D eigenvalue weighted by atomic mass is 9.93. The number of aromatic nitrogens is 3. The SMILES string of the molecule is N#Cc1ccc(COc2cccc(C3CCN(Cc4nc5ccc(C(=O)NO)cc5n4CC4CCO4)CC3)n2)c(F)c1. The molecule has 4 aromatic rings. The number of rotatable bonds is 9. The second kappa shape index (κ2) is 12.2. The lowest BCUT2D eigenvalue weighted by Crippen LogP contribution is -2.35.